The first kappa shape index (κ1) is 10.0. The summed E-state index contributed by atoms with van der Waals surface area (Å²) in [7, 11) is 0. The first-order valence-corrected chi connectivity index (χ1v) is 5.85. The Balaban J connectivity index is 2.23. The Morgan fingerprint density at radius 1 is 1.44 bits per heavy atom. The zero-order valence-corrected chi connectivity index (χ0v) is 10.0. The van der Waals surface area contributed by atoms with E-state index in [1.165, 1.54) is 24.1 Å². The average molecular weight is 218 g/mol. The molecule has 2 aliphatic carbocycles. The number of nitrogens with zero attached hydrogens (tertiary/aromatic N) is 2. The molecule has 86 valence electrons. The number of hydrogen-bond acceptors (Lipinski definition) is 4. The predicted octanol–water partition coefficient (Wildman–Crippen LogP) is 1.94. The fraction of sp³-hybridized carbons (Fsp3) is 0.667. The monoisotopic (exact) mass is 218 g/mol. The molecule has 4 nitrogen and oxygen atoms in total. The van der Waals surface area contributed by atoms with Crippen LogP contribution in [0.25, 0.3) is 0 Å². The van der Waals surface area contributed by atoms with Gasteiger partial charge in [-0.25, -0.2) is 15.8 Å². The summed E-state index contributed by atoms with van der Waals surface area (Å²) in [6, 6.07) is 0. The van der Waals surface area contributed by atoms with Crippen molar-refractivity contribution in [3.05, 3.63) is 17.5 Å². The molecule has 3 rings (SSSR count). The number of fused-ring (bicyclic) bond motifs is 5. The topological polar surface area (TPSA) is 63.8 Å². The molecule has 1 heterocycles. The molecule has 0 aromatic carbocycles. The maximum absolute atomic E-state index is 5.38. The van der Waals surface area contributed by atoms with Crippen LogP contribution in [0.2, 0.25) is 0 Å². The minimum absolute atomic E-state index is 0.182. The van der Waals surface area contributed by atoms with Gasteiger partial charge >= 0.3 is 0 Å². The summed E-state index contributed by atoms with van der Waals surface area (Å²) in [5.41, 5.74) is 5.55. The van der Waals surface area contributed by atoms with E-state index in [0.717, 1.165) is 0 Å². The van der Waals surface area contributed by atoms with Crippen LogP contribution < -0.4 is 11.3 Å². The summed E-state index contributed by atoms with van der Waals surface area (Å²) in [6.07, 6.45) is 4.43. The van der Waals surface area contributed by atoms with E-state index < -0.39 is 0 Å². The van der Waals surface area contributed by atoms with E-state index in [1.54, 1.807) is 0 Å². The quantitative estimate of drug-likeness (QED) is 0.558. The van der Waals surface area contributed by atoms with Gasteiger partial charge in [0.1, 0.15) is 0 Å². The number of hydrogen-bond donors (Lipinski definition) is 2. The second-order valence-corrected chi connectivity index (χ2v) is 5.79. The maximum Gasteiger partial charge on any atom is 0.237 e. The van der Waals surface area contributed by atoms with Crippen molar-refractivity contribution in [3.8, 4) is 0 Å². The lowest BCUT2D eigenvalue weighted by molar-refractivity contribution is 0.227. The van der Waals surface area contributed by atoms with Crippen LogP contribution in [0.5, 0.6) is 0 Å². The molecule has 1 saturated carbocycles. The molecule has 0 spiro atoms. The molecule has 16 heavy (non-hydrogen) atoms. The van der Waals surface area contributed by atoms with E-state index in [-0.39, 0.29) is 10.8 Å². The van der Waals surface area contributed by atoms with Gasteiger partial charge in [0.25, 0.3) is 0 Å². The molecule has 3 N–H and O–H groups in total. The molecule has 1 aromatic rings. The largest absolute Gasteiger partial charge is 0.292 e. The molecular formula is C12H18N4. The number of nitrogens with one attached hydrogen (secondary N) is 1. The van der Waals surface area contributed by atoms with E-state index in [0.29, 0.717) is 11.9 Å². The molecule has 0 radical (unpaired) electrons. The van der Waals surface area contributed by atoms with E-state index in [1.807, 2.05) is 6.20 Å². The molecule has 2 aliphatic rings. The van der Waals surface area contributed by atoms with E-state index >= 15 is 0 Å². The lowest BCUT2D eigenvalue weighted by Crippen LogP contribution is -2.32. The first-order valence-electron chi connectivity index (χ1n) is 5.85. The summed E-state index contributed by atoms with van der Waals surface area (Å²) >= 11 is 0. The van der Waals surface area contributed by atoms with Crippen molar-refractivity contribution in [1.29, 1.82) is 0 Å². The Kier molecular flexibility index (Phi) is 1.72. The van der Waals surface area contributed by atoms with E-state index in [2.05, 4.69) is 36.2 Å². The van der Waals surface area contributed by atoms with Crippen molar-refractivity contribution >= 4 is 5.95 Å². The van der Waals surface area contributed by atoms with Gasteiger partial charge in [-0.1, -0.05) is 20.8 Å². The highest BCUT2D eigenvalue weighted by Crippen LogP contribution is 2.66. The molecule has 1 aromatic heterocycles. The average Bonchev–Trinajstić information content (AvgIpc) is 2.59. The number of nitrogens with two attached hydrogens (primary N) is 1. The van der Waals surface area contributed by atoms with Crippen LogP contribution >= 0.6 is 0 Å². The van der Waals surface area contributed by atoms with Gasteiger partial charge in [-0.2, -0.15) is 0 Å². The van der Waals surface area contributed by atoms with Crippen molar-refractivity contribution in [1.82, 2.24) is 9.97 Å². The molecular weight excluding hydrogens is 200 g/mol. The minimum atomic E-state index is 0.182. The summed E-state index contributed by atoms with van der Waals surface area (Å²) in [4.78, 5) is 8.81. The first-order chi connectivity index (χ1) is 7.50. The highest BCUT2D eigenvalue weighted by Gasteiger charge is 2.60. The molecule has 2 bridgehead atoms. The summed E-state index contributed by atoms with van der Waals surface area (Å²) < 4.78 is 0. The third-order valence-electron chi connectivity index (χ3n) is 5.07. The van der Waals surface area contributed by atoms with E-state index in [4.69, 9.17) is 5.84 Å². The number of nitrogen functional groups attached to an aromatic ring is 1. The second kappa shape index (κ2) is 2.74. The van der Waals surface area contributed by atoms with Crippen LogP contribution in [0.15, 0.2) is 6.20 Å². The molecule has 0 unspecified atom stereocenters. The Labute approximate surface area is 95.6 Å². The zero-order chi connectivity index (χ0) is 11.6. The number of hydrazine groups is 1. The summed E-state index contributed by atoms with van der Waals surface area (Å²) in [5.74, 6) is 6.52. The molecule has 0 amide bonds. The van der Waals surface area contributed by atoms with Crippen molar-refractivity contribution in [2.75, 3.05) is 5.43 Å². The van der Waals surface area contributed by atoms with Gasteiger partial charge in [-0.3, -0.25) is 5.43 Å². The Morgan fingerprint density at radius 2 is 2.19 bits per heavy atom. The molecule has 0 saturated heterocycles. The highest BCUT2D eigenvalue weighted by atomic mass is 15.3. The van der Waals surface area contributed by atoms with Crippen LogP contribution in [0, 0.1) is 5.41 Å². The number of rotatable bonds is 1. The standard InChI is InChI=1S/C12H18N4/c1-11(2)8-4-5-12(11,3)9-7(8)6-14-10(15-9)16-13/h6,8H,4-5,13H2,1-3H3,(H,14,15,16)/t8-,12+/m1/s1. The predicted molar refractivity (Wildman–Crippen MR) is 63.0 cm³/mol. The van der Waals surface area contributed by atoms with Gasteiger partial charge in [0.15, 0.2) is 0 Å². The zero-order valence-electron chi connectivity index (χ0n) is 10.0. The van der Waals surface area contributed by atoms with Crippen molar-refractivity contribution < 1.29 is 0 Å². The van der Waals surface area contributed by atoms with Crippen LogP contribution in [-0.2, 0) is 5.41 Å². The van der Waals surface area contributed by atoms with Crippen molar-refractivity contribution in [3.63, 3.8) is 0 Å². The maximum atomic E-state index is 5.38. The lowest BCUT2D eigenvalue weighted by Gasteiger charge is -2.34. The van der Waals surface area contributed by atoms with Gasteiger partial charge in [-0.05, 0) is 29.7 Å². The fourth-order valence-corrected chi connectivity index (χ4v) is 3.63. The fourth-order valence-electron chi connectivity index (χ4n) is 3.63. The van der Waals surface area contributed by atoms with Gasteiger partial charge in [0.2, 0.25) is 5.95 Å². The molecule has 4 heteroatoms. The second-order valence-electron chi connectivity index (χ2n) is 5.79. The van der Waals surface area contributed by atoms with Crippen LogP contribution in [0.3, 0.4) is 0 Å². The smallest absolute Gasteiger partial charge is 0.237 e. The van der Waals surface area contributed by atoms with Gasteiger partial charge in [-0.15, -0.1) is 0 Å². The normalized spacial score (nSPS) is 33.9. The summed E-state index contributed by atoms with van der Waals surface area (Å²) in [6.45, 7) is 7.02. The van der Waals surface area contributed by atoms with Crippen LogP contribution in [0.1, 0.15) is 50.8 Å². The Hall–Kier alpha value is -1.16. The third kappa shape index (κ3) is 0.895. The molecule has 0 aliphatic heterocycles. The van der Waals surface area contributed by atoms with Gasteiger partial charge in [0.05, 0.1) is 5.69 Å². The van der Waals surface area contributed by atoms with Crippen LogP contribution in [-0.4, -0.2) is 9.97 Å². The van der Waals surface area contributed by atoms with Crippen molar-refractivity contribution in [2.24, 2.45) is 11.3 Å². The van der Waals surface area contributed by atoms with Gasteiger partial charge < -0.3 is 0 Å². The molecule has 2 atom stereocenters. The Bertz CT molecular complexity index is 454. The third-order valence-corrected chi connectivity index (χ3v) is 5.07. The van der Waals surface area contributed by atoms with Gasteiger partial charge in [0, 0.05) is 11.6 Å². The minimum Gasteiger partial charge on any atom is -0.292 e. The summed E-state index contributed by atoms with van der Waals surface area (Å²) in [5, 5.41) is 0. The van der Waals surface area contributed by atoms with Crippen LogP contribution in [0.4, 0.5) is 5.95 Å². The number of aromatic nitrogens is 2. The number of anilines is 1. The molecule has 1 fully saturated rings. The lowest BCUT2D eigenvalue weighted by atomic mass is 9.70. The van der Waals surface area contributed by atoms with Crippen molar-refractivity contribution in [2.45, 2.75) is 44.9 Å². The Morgan fingerprint density at radius 3 is 2.88 bits per heavy atom. The van der Waals surface area contributed by atoms with E-state index in [9.17, 15) is 0 Å². The SMILES string of the molecule is CC1(C)[C@@H]2CC[C@@]1(C)c1nc(NN)ncc12. The highest BCUT2D eigenvalue weighted by molar-refractivity contribution is 5.46.